The fraction of sp³-hybridized carbons (Fsp3) is 0. The van der Waals surface area contributed by atoms with Crippen molar-refractivity contribution in [3.8, 4) is 11.8 Å². The highest BCUT2D eigenvalue weighted by atomic mass is 79.9. The lowest BCUT2D eigenvalue weighted by Crippen LogP contribution is -2.14. The van der Waals surface area contributed by atoms with Crippen molar-refractivity contribution in [3.63, 3.8) is 0 Å². The van der Waals surface area contributed by atoms with Crippen molar-refractivity contribution in [2.24, 2.45) is 0 Å². The highest BCUT2D eigenvalue weighted by Crippen LogP contribution is 2.29. The summed E-state index contributed by atoms with van der Waals surface area (Å²) in [6, 6.07) is 17.2. The third-order valence-electron chi connectivity index (χ3n) is 4.26. The van der Waals surface area contributed by atoms with Crippen LogP contribution < -0.4 is 9.50 Å². The fourth-order valence-corrected chi connectivity index (χ4v) is 4.30. The summed E-state index contributed by atoms with van der Waals surface area (Å²) in [5, 5.41) is 23.1. The second-order valence-electron chi connectivity index (χ2n) is 6.60. The van der Waals surface area contributed by atoms with Crippen molar-refractivity contribution >= 4 is 65.3 Å². The maximum Gasteiger partial charge on any atom is 0.339 e. The maximum atomic E-state index is 12.7. The fourth-order valence-electron chi connectivity index (χ4n) is 2.66. The topological polar surface area (TPSA) is 139 Å². The number of carbonyl (C=O) groups is 1. The van der Waals surface area contributed by atoms with E-state index >= 15 is 0 Å². The van der Waals surface area contributed by atoms with E-state index in [4.69, 9.17) is 4.18 Å². The van der Waals surface area contributed by atoms with Crippen LogP contribution in [0.4, 0.5) is 11.4 Å². The zero-order chi connectivity index (χ0) is 24.9. The Morgan fingerprint density at radius 2 is 1.74 bits per heavy atom. The molecule has 0 saturated heterocycles. The zero-order valence-corrected chi connectivity index (χ0v) is 20.9. The Morgan fingerprint density at radius 1 is 1.06 bits per heavy atom. The molecule has 172 valence electrons. The first-order chi connectivity index (χ1) is 16.1. The molecule has 12 heteroatoms. The van der Waals surface area contributed by atoms with Gasteiger partial charge in [-0.1, -0.05) is 37.9 Å². The molecule has 0 fully saturated rings. The number of carbonyl (C=O) groups excluding carboxylic acids is 1. The molecule has 0 bridgehead atoms. The molecule has 0 heterocycles. The number of halogens is 2. The van der Waals surface area contributed by atoms with E-state index < -0.39 is 31.5 Å². The highest BCUT2D eigenvalue weighted by molar-refractivity contribution is 9.10. The summed E-state index contributed by atoms with van der Waals surface area (Å²) in [5.41, 5.74) is -0.158. The van der Waals surface area contributed by atoms with Crippen LogP contribution in [-0.2, 0) is 14.9 Å². The Morgan fingerprint density at radius 3 is 2.38 bits per heavy atom. The van der Waals surface area contributed by atoms with Crippen LogP contribution >= 0.6 is 31.9 Å². The number of nitriles is 1. The van der Waals surface area contributed by atoms with Crippen molar-refractivity contribution < 1.29 is 22.3 Å². The minimum absolute atomic E-state index is 0.117. The first-order valence-corrected chi connectivity index (χ1v) is 12.3. The molecule has 0 aliphatic rings. The van der Waals surface area contributed by atoms with Gasteiger partial charge in [0.2, 0.25) is 0 Å². The van der Waals surface area contributed by atoms with Gasteiger partial charge >= 0.3 is 10.1 Å². The summed E-state index contributed by atoms with van der Waals surface area (Å²) in [7, 11) is -4.46. The number of anilines is 1. The number of nitrogens with zero attached hydrogens (tertiary/aromatic N) is 2. The van der Waals surface area contributed by atoms with Crippen molar-refractivity contribution in [2.45, 2.75) is 4.90 Å². The van der Waals surface area contributed by atoms with Gasteiger partial charge in [0, 0.05) is 32.3 Å². The van der Waals surface area contributed by atoms with Crippen molar-refractivity contribution in [1.82, 2.24) is 0 Å². The number of hydrogen-bond donors (Lipinski definition) is 1. The van der Waals surface area contributed by atoms with Gasteiger partial charge in [0.15, 0.2) is 0 Å². The third-order valence-corrected chi connectivity index (χ3v) is 6.51. The van der Waals surface area contributed by atoms with Crippen LogP contribution in [0.2, 0.25) is 0 Å². The average molecular weight is 607 g/mol. The van der Waals surface area contributed by atoms with Crippen LogP contribution in [0, 0.1) is 21.4 Å². The van der Waals surface area contributed by atoms with E-state index in [-0.39, 0.29) is 16.9 Å². The molecule has 0 aliphatic heterocycles. The largest absolute Gasteiger partial charge is 0.378 e. The Bertz CT molecular complexity index is 1450. The second kappa shape index (κ2) is 10.6. The van der Waals surface area contributed by atoms with E-state index in [1.807, 2.05) is 0 Å². The molecule has 0 spiro atoms. The van der Waals surface area contributed by atoms with E-state index in [9.17, 15) is 28.6 Å². The molecule has 3 aromatic carbocycles. The summed E-state index contributed by atoms with van der Waals surface area (Å²) >= 11 is 6.55. The number of benzene rings is 3. The molecule has 0 aliphatic carbocycles. The number of nitrogens with one attached hydrogen (secondary N) is 1. The molecule has 9 nitrogen and oxygen atoms in total. The molecule has 34 heavy (non-hydrogen) atoms. The van der Waals surface area contributed by atoms with Crippen LogP contribution in [0.1, 0.15) is 5.56 Å². The molecular weight excluding hydrogens is 594 g/mol. The molecule has 3 aromatic rings. The number of non-ortho nitro benzene ring substituents is 1. The number of rotatable bonds is 7. The summed E-state index contributed by atoms with van der Waals surface area (Å²) in [6.07, 6.45) is 1.18. The van der Waals surface area contributed by atoms with Crippen LogP contribution in [0.15, 0.2) is 86.1 Å². The first kappa shape index (κ1) is 25.1. The summed E-state index contributed by atoms with van der Waals surface area (Å²) in [4.78, 5) is 22.4. The second-order valence-corrected chi connectivity index (χ2v) is 9.98. The smallest absolute Gasteiger partial charge is 0.339 e. The molecule has 0 radical (unpaired) electrons. The predicted octanol–water partition coefficient (Wildman–Crippen LogP) is 5.43. The quantitative estimate of drug-likeness (QED) is 0.124. The zero-order valence-electron chi connectivity index (χ0n) is 16.9. The monoisotopic (exact) mass is 605 g/mol. The lowest BCUT2D eigenvalue weighted by atomic mass is 10.1. The molecule has 0 aromatic heterocycles. The van der Waals surface area contributed by atoms with Crippen molar-refractivity contribution in [2.75, 3.05) is 5.32 Å². The van der Waals surface area contributed by atoms with Gasteiger partial charge in [-0.25, -0.2) is 0 Å². The van der Waals surface area contributed by atoms with Crippen LogP contribution in [0.3, 0.4) is 0 Å². The van der Waals surface area contributed by atoms with Crippen LogP contribution in [0.5, 0.6) is 5.75 Å². The lowest BCUT2D eigenvalue weighted by molar-refractivity contribution is -0.385. The van der Waals surface area contributed by atoms with E-state index in [0.29, 0.717) is 10.2 Å². The van der Waals surface area contributed by atoms with E-state index in [0.717, 1.165) is 22.7 Å². The molecule has 0 unspecified atom stereocenters. The normalized spacial score (nSPS) is 11.4. The average Bonchev–Trinajstić information content (AvgIpc) is 2.80. The van der Waals surface area contributed by atoms with Gasteiger partial charge in [-0.15, -0.1) is 0 Å². The predicted molar refractivity (Wildman–Crippen MR) is 131 cm³/mol. The Labute approximate surface area is 211 Å². The summed E-state index contributed by atoms with van der Waals surface area (Å²) in [5.74, 6) is -0.892. The number of hydrogen-bond acceptors (Lipinski definition) is 7. The van der Waals surface area contributed by atoms with E-state index in [1.54, 1.807) is 30.3 Å². The minimum Gasteiger partial charge on any atom is -0.378 e. The molecular formula is C22H13Br2N3O6S. The lowest BCUT2D eigenvalue weighted by Gasteiger charge is -2.11. The van der Waals surface area contributed by atoms with Crippen molar-refractivity contribution in [1.29, 1.82) is 5.26 Å². The summed E-state index contributed by atoms with van der Waals surface area (Å²) < 4.78 is 32.0. The molecule has 3 rings (SSSR count). The molecule has 0 saturated carbocycles. The molecule has 0 atom stereocenters. The van der Waals surface area contributed by atoms with E-state index in [2.05, 4.69) is 37.2 Å². The van der Waals surface area contributed by atoms with Gasteiger partial charge in [-0.3, -0.25) is 14.9 Å². The van der Waals surface area contributed by atoms with Crippen molar-refractivity contribution in [3.05, 3.63) is 96.9 Å². The van der Waals surface area contributed by atoms with Gasteiger partial charge < -0.3 is 9.50 Å². The van der Waals surface area contributed by atoms with Gasteiger partial charge in [0.25, 0.3) is 11.6 Å². The van der Waals surface area contributed by atoms with E-state index in [1.165, 1.54) is 30.3 Å². The SMILES string of the molecule is N#C/C(=C/c1cc(Br)ccc1OS(=O)(=O)c1cccc([N+](=O)[O-])c1)C(=O)Nc1ccc(Br)cc1. The number of amides is 1. The van der Waals surface area contributed by atoms with Gasteiger partial charge in [0.05, 0.1) is 4.92 Å². The van der Waals surface area contributed by atoms with Gasteiger partial charge in [0.1, 0.15) is 22.3 Å². The van der Waals surface area contributed by atoms with Crippen LogP contribution in [-0.4, -0.2) is 19.2 Å². The Kier molecular flexibility index (Phi) is 7.83. The highest BCUT2D eigenvalue weighted by Gasteiger charge is 2.22. The Balaban J connectivity index is 1.95. The first-order valence-electron chi connectivity index (χ1n) is 9.26. The third kappa shape index (κ3) is 6.28. The maximum absolute atomic E-state index is 12.7. The molecule has 1 N–H and O–H groups in total. The number of nitro groups is 1. The van der Waals surface area contributed by atoms with Gasteiger partial charge in [-0.05, 0) is 54.6 Å². The standard InChI is InChI=1S/C22H13Br2N3O6S/c23-16-4-7-18(8-5-16)26-22(28)15(13-25)10-14-11-17(24)6-9-21(14)33-34(31,32)20-3-1-2-19(12-20)27(29)30/h1-12H,(H,26,28)/b15-10-. The van der Waals surface area contributed by atoms with Crippen LogP contribution in [0.25, 0.3) is 6.08 Å². The minimum atomic E-state index is -4.46. The summed E-state index contributed by atoms with van der Waals surface area (Å²) in [6.45, 7) is 0. The molecule has 1 amide bonds. The van der Waals surface area contributed by atoms with Gasteiger partial charge in [-0.2, -0.15) is 13.7 Å². The number of nitro benzene ring substituents is 1. The Hall–Kier alpha value is -3.53.